The number of ether oxygens (including phenoxy) is 2. The highest BCUT2D eigenvalue weighted by Gasteiger charge is 2.42. The maximum Gasteiger partial charge on any atom is 0.168 e. The first-order chi connectivity index (χ1) is 7.66. The fraction of sp³-hybridized carbons (Fsp3) is 1.00. The van der Waals surface area contributed by atoms with E-state index in [1.54, 1.807) is 0 Å². The summed E-state index contributed by atoms with van der Waals surface area (Å²) in [7, 11) is 0. The molecule has 1 fully saturated rings. The lowest BCUT2D eigenvalue weighted by atomic mass is 9.70. The molecule has 96 valence electrons. The first-order valence-corrected chi connectivity index (χ1v) is 6.64. The molecule has 0 aromatic rings. The van der Waals surface area contributed by atoms with Crippen LogP contribution in [0.1, 0.15) is 52.9 Å². The minimum Gasteiger partial charge on any atom is -0.350 e. The van der Waals surface area contributed by atoms with E-state index in [0.29, 0.717) is 5.41 Å². The summed E-state index contributed by atoms with van der Waals surface area (Å²) < 4.78 is 11.7. The predicted octanol–water partition coefficient (Wildman–Crippen LogP) is 2.68. The van der Waals surface area contributed by atoms with E-state index in [1.165, 1.54) is 0 Å². The van der Waals surface area contributed by atoms with Crippen LogP contribution in [0.15, 0.2) is 0 Å². The van der Waals surface area contributed by atoms with Gasteiger partial charge in [-0.25, -0.2) is 0 Å². The molecule has 3 nitrogen and oxygen atoms in total. The van der Waals surface area contributed by atoms with Crippen LogP contribution in [0.3, 0.4) is 0 Å². The normalized spacial score (nSPS) is 23.2. The highest BCUT2D eigenvalue weighted by Crippen LogP contribution is 2.44. The van der Waals surface area contributed by atoms with Crippen molar-refractivity contribution in [3.63, 3.8) is 0 Å². The molecule has 16 heavy (non-hydrogen) atoms. The molecule has 1 rings (SSSR count). The summed E-state index contributed by atoms with van der Waals surface area (Å²) in [6, 6.07) is 0. The van der Waals surface area contributed by atoms with Crippen molar-refractivity contribution in [2.75, 3.05) is 19.8 Å². The van der Waals surface area contributed by atoms with Gasteiger partial charge in [0.1, 0.15) is 0 Å². The van der Waals surface area contributed by atoms with Crippen molar-refractivity contribution in [2.24, 2.45) is 11.1 Å². The van der Waals surface area contributed by atoms with E-state index < -0.39 is 0 Å². The third-order valence-electron chi connectivity index (χ3n) is 4.07. The third kappa shape index (κ3) is 2.96. The van der Waals surface area contributed by atoms with Gasteiger partial charge in [0.25, 0.3) is 0 Å². The Balaban J connectivity index is 2.61. The summed E-state index contributed by atoms with van der Waals surface area (Å²) in [6.07, 6.45) is 5.39. The van der Waals surface area contributed by atoms with Gasteiger partial charge in [0.2, 0.25) is 0 Å². The number of nitrogens with two attached hydrogens (primary N) is 1. The minimum absolute atomic E-state index is 0.322. The summed E-state index contributed by atoms with van der Waals surface area (Å²) in [5.41, 5.74) is 6.23. The van der Waals surface area contributed by atoms with Crippen LogP contribution in [-0.4, -0.2) is 25.5 Å². The van der Waals surface area contributed by atoms with Crippen molar-refractivity contribution in [1.29, 1.82) is 0 Å². The fourth-order valence-electron chi connectivity index (χ4n) is 2.72. The Kier molecular flexibility index (Phi) is 5.22. The van der Waals surface area contributed by atoms with Gasteiger partial charge in [-0.2, -0.15) is 0 Å². The highest BCUT2D eigenvalue weighted by atomic mass is 16.7. The molecule has 0 saturated heterocycles. The Morgan fingerprint density at radius 2 is 1.44 bits per heavy atom. The van der Waals surface area contributed by atoms with Crippen LogP contribution in [-0.2, 0) is 9.47 Å². The fourth-order valence-corrected chi connectivity index (χ4v) is 2.72. The van der Waals surface area contributed by atoms with Gasteiger partial charge in [-0.15, -0.1) is 0 Å². The molecule has 0 aromatic carbocycles. The minimum atomic E-state index is -0.322. The number of hydrogen-bond acceptors (Lipinski definition) is 3. The van der Waals surface area contributed by atoms with Gasteiger partial charge in [-0.1, -0.05) is 6.92 Å². The molecule has 3 heteroatoms. The van der Waals surface area contributed by atoms with E-state index in [9.17, 15) is 0 Å². The first-order valence-electron chi connectivity index (χ1n) is 6.64. The first kappa shape index (κ1) is 13.9. The smallest absolute Gasteiger partial charge is 0.168 e. The van der Waals surface area contributed by atoms with Gasteiger partial charge in [0.05, 0.1) is 0 Å². The zero-order valence-corrected chi connectivity index (χ0v) is 11.1. The van der Waals surface area contributed by atoms with Crippen LogP contribution in [0.25, 0.3) is 0 Å². The SMILES string of the molecule is CCOC1(OCC)CCC(CC)(CN)CC1. The Morgan fingerprint density at radius 1 is 0.938 bits per heavy atom. The van der Waals surface area contributed by atoms with Crippen molar-refractivity contribution < 1.29 is 9.47 Å². The van der Waals surface area contributed by atoms with E-state index in [1.807, 2.05) is 13.8 Å². The molecule has 0 bridgehead atoms. The topological polar surface area (TPSA) is 44.5 Å². The van der Waals surface area contributed by atoms with E-state index in [-0.39, 0.29) is 5.79 Å². The molecule has 0 amide bonds. The lowest BCUT2D eigenvalue weighted by Crippen LogP contribution is -2.45. The number of rotatable bonds is 6. The molecule has 0 radical (unpaired) electrons. The van der Waals surface area contributed by atoms with Gasteiger partial charge >= 0.3 is 0 Å². The van der Waals surface area contributed by atoms with Crippen molar-refractivity contribution >= 4 is 0 Å². The van der Waals surface area contributed by atoms with Crippen LogP contribution in [0.4, 0.5) is 0 Å². The molecule has 1 aliphatic rings. The second-order valence-electron chi connectivity index (χ2n) is 4.83. The zero-order chi connectivity index (χ0) is 12.1. The Morgan fingerprint density at radius 3 is 1.75 bits per heavy atom. The van der Waals surface area contributed by atoms with E-state index >= 15 is 0 Å². The Bertz CT molecular complexity index is 184. The van der Waals surface area contributed by atoms with Gasteiger partial charge in [-0.3, -0.25) is 0 Å². The van der Waals surface area contributed by atoms with Crippen LogP contribution < -0.4 is 5.73 Å². The van der Waals surface area contributed by atoms with Gasteiger partial charge < -0.3 is 15.2 Å². The molecule has 1 saturated carbocycles. The van der Waals surface area contributed by atoms with Gasteiger partial charge in [0, 0.05) is 26.1 Å². The molecule has 0 heterocycles. The molecule has 2 N–H and O–H groups in total. The predicted molar refractivity (Wildman–Crippen MR) is 66.2 cm³/mol. The van der Waals surface area contributed by atoms with Crippen LogP contribution in [0, 0.1) is 5.41 Å². The van der Waals surface area contributed by atoms with E-state index in [0.717, 1.165) is 51.9 Å². The zero-order valence-electron chi connectivity index (χ0n) is 11.1. The van der Waals surface area contributed by atoms with Crippen molar-refractivity contribution in [3.8, 4) is 0 Å². The number of hydrogen-bond donors (Lipinski definition) is 1. The summed E-state index contributed by atoms with van der Waals surface area (Å²) in [6.45, 7) is 8.54. The summed E-state index contributed by atoms with van der Waals surface area (Å²) in [4.78, 5) is 0. The molecule has 0 atom stereocenters. The largest absolute Gasteiger partial charge is 0.350 e. The third-order valence-corrected chi connectivity index (χ3v) is 4.07. The lowest BCUT2D eigenvalue weighted by Gasteiger charge is -2.45. The van der Waals surface area contributed by atoms with Crippen LogP contribution in [0.2, 0.25) is 0 Å². The van der Waals surface area contributed by atoms with E-state index in [4.69, 9.17) is 15.2 Å². The second-order valence-corrected chi connectivity index (χ2v) is 4.83. The van der Waals surface area contributed by atoms with Gasteiger partial charge in [-0.05, 0) is 45.1 Å². The van der Waals surface area contributed by atoms with Crippen molar-refractivity contribution in [1.82, 2.24) is 0 Å². The Labute approximate surface area is 99.7 Å². The summed E-state index contributed by atoms with van der Waals surface area (Å²) in [5, 5.41) is 0. The maximum absolute atomic E-state index is 5.90. The van der Waals surface area contributed by atoms with Crippen LogP contribution in [0.5, 0.6) is 0 Å². The molecule has 0 spiro atoms. The van der Waals surface area contributed by atoms with Crippen molar-refractivity contribution in [3.05, 3.63) is 0 Å². The van der Waals surface area contributed by atoms with Crippen LogP contribution >= 0.6 is 0 Å². The average Bonchev–Trinajstić information content (AvgIpc) is 2.32. The Hall–Kier alpha value is -0.120. The summed E-state index contributed by atoms with van der Waals surface area (Å²) in [5.74, 6) is -0.322. The molecule has 0 unspecified atom stereocenters. The maximum atomic E-state index is 5.90. The van der Waals surface area contributed by atoms with Crippen molar-refractivity contribution in [2.45, 2.75) is 58.7 Å². The van der Waals surface area contributed by atoms with E-state index in [2.05, 4.69) is 6.92 Å². The highest BCUT2D eigenvalue weighted by molar-refractivity contribution is 4.89. The summed E-state index contributed by atoms with van der Waals surface area (Å²) >= 11 is 0. The van der Waals surface area contributed by atoms with Gasteiger partial charge in [0.15, 0.2) is 5.79 Å². The standard InChI is InChI=1S/C13H27NO2/c1-4-12(11-14)7-9-13(10-8-12,15-5-2)16-6-3/h4-11,14H2,1-3H3. The monoisotopic (exact) mass is 229 g/mol. The molecule has 0 aliphatic heterocycles. The molecule has 0 aromatic heterocycles. The second kappa shape index (κ2) is 5.99. The molecule has 1 aliphatic carbocycles. The molecular formula is C13H27NO2. The lowest BCUT2D eigenvalue weighted by molar-refractivity contribution is -0.257. The average molecular weight is 229 g/mol. The quantitative estimate of drug-likeness (QED) is 0.712. The molecular weight excluding hydrogens is 202 g/mol.